The summed E-state index contributed by atoms with van der Waals surface area (Å²) in [7, 11) is 3.83. The lowest BCUT2D eigenvalue weighted by atomic mass is 9.95. The number of aromatic nitrogens is 1. The number of aliphatic hydroxyl groups is 1. The quantitative estimate of drug-likeness (QED) is 0.121. The number of nitrogens with zero attached hydrogens (tertiary/aromatic N) is 3. The summed E-state index contributed by atoms with van der Waals surface area (Å²) < 4.78 is 20.2. The summed E-state index contributed by atoms with van der Waals surface area (Å²) in [5.74, 6) is -1.80. The second kappa shape index (κ2) is 10.9. The first-order chi connectivity index (χ1) is 18.8. The van der Waals surface area contributed by atoms with E-state index in [1.165, 1.54) is 23.1 Å². The van der Waals surface area contributed by atoms with Gasteiger partial charge in [-0.1, -0.05) is 48.9 Å². The van der Waals surface area contributed by atoms with Gasteiger partial charge in [-0.15, -0.1) is 0 Å². The molecule has 2 heterocycles. The molecule has 1 saturated heterocycles. The number of aliphatic hydroxyl groups excluding tert-OH is 1. The largest absolute Gasteiger partial charge is 0.507 e. The molecule has 1 N–H and O–H groups in total. The number of ketones is 1. The van der Waals surface area contributed by atoms with E-state index < -0.39 is 23.5 Å². The maximum Gasteiger partial charge on any atom is 0.301 e. The Balaban J connectivity index is 1.65. The molecule has 7 nitrogen and oxygen atoms in total. The molecule has 0 saturated carbocycles. The fourth-order valence-corrected chi connectivity index (χ4v) is 5.53. The minimum atomic E-state index is -0.934. The zero-order valence-corrected chi connectivity index (χ0v) is 22.7. The summed E-state index contributed by atoms with van der Waals surface area (Å²) in [6, 6.07) is 17.5. The minimum absolute atomic E-state index is 0.0475. The van der Waals surface area contributed by atoms with Crippen LogP contribution in [0, 0.1) is 5.82 Å². The minimum Gasteiger partial charge on any atom is -0.507 e. The molecule has 1 unspecified atom stereocenters. The number of Topliss-reactive ketones (excluding diaryl/α,β-unsaturated/α-hetero) is 1. The summed E-state index contributed by atoms with van der Waals surface area (Å²) >= 11 is 1.11. The number of ether oxygens (including phenoxy) is 1. The molecule has 3 aromatic carbocycles. The first-order valence-electron chi connectivity index (χ1n) is 12.7. The zero-order chi connectivity index (χ0) is 27.7. The van der Waals surface area contributed by atoms with Gasteiger partial charge in [0.25, 0.3) is 5.78 Å². The molecular weight excluding hydrogens is 517 g/mol. The molecule has 200 valence electrons. The molecule has 39 heavy (non-hydrogen) atoms. The van der Waals surface area contributed by atoms with Crippen LogP contribution in [0.2, 0.25) is 0 Å². The van der Waals surface area contributed by atoms with E-state index in [0.29, 0.717) is 33.7 Å². The standard InChI is InChI=1S/C30H28FN3O4S/c1-4-5-15-38-22-8-6-7-19(16-22)27(35)25-26(18-9-12-21(13-10-18)33(2)3)34(29(37)28(25)36)30-32-23-14-11-20(31)17-24(23)39-30/h6-14,16-17,26,35H,4-5,15H2,1-3H3/b27-25+. The highest BCUT2D eigenvalue weighted by Gasteiger charge is 2.48. The summed E-state index contributed by atoms with van der Waals surface area (Å²) in [6.07, 6.45) is 1.87. The lowest BCUT2D eigenvalue weighted by Gasteiger charge is -2.23. The molecule has 4 aromatic rings. The fraction of sp³-hybridized carbons (Fsp3) is 0.233. The first kappa shape index (κ1) is 26.4. The Morgan fingerprint density at radius 3 is 2.59 bits per heavy atom. The van der Waals surface area contributed by atoms with Crippen molar-refractivity contribution in [2.45, 2.75) is 25.8 Å². The van der Waals surface area contributed by atoms with Crippen LogP contribution in [-0.4, -0.2) is 42.5 Å². The van der Waals surface area contributed by atoms with Gasteiger partial charge in [0.05, 0.1) is 28.4 Å². The van der Waals surface area contributed by atoms with E-state index in [4.69, 9.17) is 4.74 Å². The van der Waals surface area contributed by atoms with Crippen molar-refractivity contribution in [3.05, 3.63) is 89.2 Å². The van der Waals surface area contributed by atoms with Crippen LogP contribution in [0.3, 0.4) is 0 Å². The smallest absolute Gasteiger partial charge is 0.301 e. The van der Waals surface area contributed by atoms with Gasteiger partial charge in [-0.3, -0.25) is 14.5 Å². The number of carbonyl (C=O) groups excluding carboxylic acids is 2. The number of carbonyl (C=O) groups is 2. The van der Waals surface area contributed by atoms with Crippen LogP contribution in [0.1, 0.15) is 36.9 Å². The third-order valence-electron chi connectivity index (χ3n) is 6.59. The zero-order valence-electron chi connectivity index (χ0n) is 21.8. The van der Waals surface area contributed by atoms with Gasteiger partial charge in [0, 0.05) is 25.3 Å². The highest BCUT2D eigenvalue weighted by molar-refractivity contribution is 7.22. The number of hydrogen-bond acceptors (Lipinski definition) is 7. The Bertz CT molecular complexity index is 1580. The van der Waals surface area contributed by atoms with Crippen molar-refractivity contribution in [2.75, 3.05) is 30.5 Å². The monoisotopic (exact) mass is 545 g/mol. The van der Waals surface area contributed by atoms with Crippen molar-refractivity contribution in [3.63, 3.8) is 0 Å². The number of benzene rings is 3. The molecule has 1 aliphatic heterocycles. The Labute approximate surface area is 229 Å². The predicted octanol–water partition coefficient (Wildman–Crippen LogP) is 6.31. The van der Waals surface area contributed by atoms with E-state index in [1.54, 1.807) is 24.3 Å². The molecule has 1 aromatic heterocycles. The summed E-state index contributed by atoms with van der Waals surface area (Å²) in [4.78, 5) is 34.8. The number of rotatable bonds is 8. The molecule has 0 bridgehead atoms. The van der Waals surface area contributed by atoms with Crippen LogP contribution in [0.4, 0.5) is 15.2 Å². The van der Waals surface area contributed by atoms with Crippen molar-refractivity contribution in [2.24, 2.45) is 0 Å². The van der Waals surface area contributed by atoms with Gasteiger partial charge in [-0.25, -0.2) is 9.37 Å². The molecule has 1 amide bonds. The van der Waals surface area contributed by atoms with Gasteiger partial charge < -0.3 is 14.7 Å². The van der Waals surface area contributed by atoms with Crippen LogP contribution < -0.4 is 14.5 Å². The summed E-state index contributed by atoms with van der Waals surface area (Å²) in [5, 5.41) is 11.7. The number of halogens is 1. The van der Waals surface area contributed by atoms with Crippen molar-refractivity contribution >= 4 is 49.8 Å². The molecule has 1 aliphatic rings. The molecule has 1 atom stereocenters. The second-order valence-corrected chi connectivity index (χ2v) is 10.5. The summed E-state index contributed by atoms with van der Waals surface area (Å²) in [5.41, 5.74) is 2.39. The van der Waals surface area contributed by atoms with E-state index in [1.807, 2.05) is 43.3 Å². The van der Waals surface area contributed by atoms with E-state index >= 15 is 0 Å². The Kier molecular flexibility index (Phi) is 7.34. The molecule has 9 heteroatoms. The SMILES string of the molecule is CCCCOc1cccc(/C(O)=C2\C(=O)C(=O)N(c3nc4ccc(F)cc4s3)C2c2ccc(N(C)C)cc2)c1. The van der Waals surface area contributed by atoms with Crippen molar-refractivity contribution in [1.29, 1.82) is 0 Å². The van der Waals surface area contributed by atoms with Crippen LogP contribution in [0.15, 0.2) is 72.3 Å². The van der Waals surface area contributed by atoms with Gasteiger partial charge in [-0.05, 0) is 54.4 Å². The van der Waals surface area contributed by atoms with Gasteiger partial charge >= 0.3 is 5.91 Å². The molecule has 0 aliphatic carbocycles. The Hall–Kier alpha value is -4.24. The number of unbranched alkanes of at least 4 members (excludes halogenated alkanes) is 1. The maximum absolute atomic E-state index is 13.9. The van der Waals surface area contributed by atoms with Crippen LogP contribution in [-0.2, 0) is 9.59 Å². The summed E-state index contributed by atoms with van der Waals surface area (Å²) in [6.45, 7) is 2.60. The van der Waals surface area contributed by atoms with Crippen molar-refractivity contribution in [3.8, 4) is 5.75 Å². The van der Waals surface area contributed by atoms with Gasteiger partial charge in [0.15, 0.2) is 5.13 Å². The van der Waals surface area contributed by atoms with Crippen molar-refractivity contribution in [1.82, 2.24) is 4.98 Å². The number of hydrogen-bond donors (Lipinski definition) is 1. The van der Waals surface area contributed by atoms with Crippen LogP contribution in [0.25, 0.3) is 16.0 Å². The lowest BCUT2D eigenvalue weighted by molar-refractivity contribution is -0.132. The average molecular weight is 546 g/mol. The maximum atomic E-state index is 13.9. The Morgan fingerprint density at radius 2 is 1.87 bits per heavy atom. The van der Waals surface area contributed by atoms with Crippen molar-refractivity contribution < 1.29 is 23.8 Å². The Morgan fingerprint density at radius 1 is 1.10 bits per heavy atom. The number of anilines is 2. The molecule has 1 fully saturated rings. The topological polar surface area (TPSA) is 83.0 Å². The third-order valence-corrected chi connectivity index (χ3v) is 7.61. The second-order valence-electron chi connectivity index (χ2n) is 9.49. The van der Waals surface area contributed by atoms with E-state index in [2.05, 4.69) is 11.9 Å². The first-order valence-corrected chi connectivity index (χ1v) is 13.5. The third kappa shape index (κ3) is 5.09. The van der Waals surface area contributed by atoms with Crippen LogP contribution in [0.5, 0.6) is 5.75 Å². The van der Waals surface area contributed by atoms with E-state index in [0.717, 1.165) is 29.9 Å². The number of amides is 1. The highest BCUT2D eigenvalue weighted by atomic mass is 32.1. The molecule has 5 rings (SSSR count). The number of fused-ring (bicyclic) bond motifs is 1. The lowest BCUT2D eigenvalue weighted by Crippen LogP contribution is -2.29. The van der Waals surface area contributed by atoms with Gasteiger partial charge in [0.2, 0.25) is 0 Å². The molecular formula is C30H28FN3O4S. The van der Waals surface area contributed by atoms with Crippen LogP contribution >= 0.6 is 11.3 Å². The number of thiazole rings is 1. The van der Waals surface area contributed by atoms with Gasteiger partial charge in [0.1, 0.15) is 17.3 Å². The van der Waals surface area contributed by atoms with Gasteiger partial charge in [-0.2, -0.15) is 0 Å². The average Bonchev–Trinajstić information content (AvgIpc) is 3.46. The molecule has 0 radical (unpaired) electrons. The predicted molar refractivity (Wildman–Crippen MR) is 152 cm³/mol. The van der Waals surface area contributed by atoms with E-state index in [9.17, 15) is 19.1 Å². The van der Waals surface area contributed by atoms with E-state index in [-0.39, 0.29) is 16.5 Å². The molecule has 0 spiro atoms. The fourth-order valence-electron chi connectivity index (χ4n) is 4.51. The normalized spacial score (nSPS) is 16.7. The highest BCUT2D eigenvalue weighted by Crippen LogP contribution is 2.44.